The molecule has 20 heteroatoms. The summed E-state index contributed by atoms with van der Waals surface area (Å²) < 4.78 is 34.3. The van der Waals surface area contributed by atoms with Crippen molar-refractivity contribution < 1.29 is 78.9 Å². The highest BCUT2D eigenvalue weighted by Gasteiger charge is 2.59. The number of fused-ring (bicyclic) bond motifs is 3. The van der Waals surface area contributed by atoms with Crippen LogP contribution in [-0.4, -0.2) is 135 Å². The largest absolute Gasteiger partial charge is 0.504 e. The minimum Gasteiger partial charge on any atom is -0.504 e. The molecule has 3 aromatic carbocycles. The Morgan fingerprint density at radius 3 is 2.42 bits per heavy atom. The molecule has 3 aliphatic rings. The van der Waals surface area contributed by atoms with Crippen molar-refractivity contribution in [1.29, 1.82) is 0 Å². The van der Waals surface area contributed by atoms with Gasteiger partial charge in [0.05, 0.1) is 31.1 Å². The van der Waals surface area contributed by atoms with Gasteiger partial charge in [0.25, 0.3) is 0 Å². The predicted molar refractivity (Wildman–Crippen MR) is 226 cm³/mol. The van der Waals surface area contributed by atoms with Crippen LogP contribution in [0.15, 0.2) is 47.5 Å². The fourth-order valence-electron chi connectivity index (χ4n) is 8.06. The number of aliphatic hydroxyl groups excluding tert-OH is 4. The summed E-state index contributed by atoms with van der Waals surface area (Å²) in [4.78, 5) is 30.3. The molecule has 3 aromatic rings. The number of anilines is 1. The van der Waals surface area contributed by atoms with Crippen molar-refractivity contribution in [2.75, 3.05) is 32.8 Å². The van der Waals surface area contributed by atoms with Crippen LogP contribution in [0.5, 0.6) is 34.5 Å². The number of nitrogens with one attached hydrogen (secondary N) is 2. The third-order valence-corrected chi connectivity index (χ3v) is 11.6. The normalized spacial score (nSPS) is 26.0. The second-order valence-corrected chi connectivity index (χ2v) is 16.0. The van der Waals surface area contributed by atoms with Crippen LogP contribution in [-0.2, 0) is 22.3 Å². The average Bonchev–Trinajstić information content (AvgIpc) is 3.41. The van der Waals surface area contributed by atoms with E-state index in [9.17, 15) is 50.4 Å². The number of nitrogens with two attached hydrogens (primary N) is 1. The van der Waals surface area contributed by atoms with Gasteiger partial charge in [-0.3, -0.25) is 4.99 Å². The van der Waals surface area contributed by atoms with Crippen LogP contribution < -0.4 is 35.3 Å². The average molecular weight is 895 g/mol. The predicted octanol–water partition coefficient (Wildman–Crippen LogP) is 1.04. The first-order valence-electron chi connectivity index (χ1n) is 20.5. The van der Waals surface area contributed by atoms with Crippen LogP contribution >= 0.6 is 0 Å². The molecule has 1 saturated heterocycles. The van der Waals surface area contributed by atoms with Crippen molar-refractivity contribution >= 4 is 23.6 Å². The van der Waals surface area contributed by atoms with E-state index < -0.39 is 102 Å². The molecule has 1 fully saturated rings. The minimum absolute atomic E-state index is 0.0275. The molecule has 3 aliphatic heterocycles. The van der Waals surface area contributed by atoms with E-state index in [0.717, 1.165) is 17.7 Å². The highest BCUT2D eigenvalue weighted by Crippen LogP contribution is 2.49. The zero-order valence-electron chi connectivity index (χ0n) is 35.7. The van der Waals surface area contributed by atoms with E-state index in [0.29, 0.717) is 6.42 Å². The van der Waals surface area contributed by atoms with Crippen molar-refractivity contribution in [3.63, 3.8) is 0 Å². The summed E-state index contributed by atoms with van der Waals surface area (Å²) in [5.41, 5.74) is 3.35. The van der Waals surface area contributed by atoms with Gasteiger partial charge in [0, 0.05) is 55.5 Å². The number of hydrogen-bond acceptors (Lipinski definition) is 17. The third kappa shape index (κ3) is 9.50. The van der Waals surface area contributed by atoms with Crippen LogP contribution in [0.1, 0.15) is 59.0 Å². The van der Waals surface area contributed by atoms with Crippen LogP contribution in [0.4, 0.5) is 5.69 Å². The topological polar surface area (TPSA) is 314 Å². The molecule has 0 amide bonds. The molecule has 0 spiro atoms. The van der Waals surface area contributed by atoms with Gasteiger partial charge >= 0.3 is 11.9 Å². The zero-order valence-corrected chi connectivity index (χ0v) is 35.7. The van der Waals surface area contributed by atoms with Gasteiger partial charge in [0.1, 0.15) is 23.4 Å². The summed E-state index contributed by atoms with van der Waals surface area (Å²) in [6.45, 7) is 4.96. The number of guanidine groups is 1. The summed E-state index contributed by atoms with van der Waals surface area (Å²) in [6.07, 6.45) is -12.3. The van der Waals surface area contributed by atoms with E-state index in [-0.39, 0.29) is 65.7 Å². The number of phenolic OH excluding ortho intramolecular Hbond substituents is 2. The molecule has 12 N–H and O–H groups in total. The van der Waals surface area contributed by atoms with Crippen molar-refractivity contribution in [3.05, 3.63) is 64.7 Å². The Kier molecular flexibility index (Phi) is 14.5. The molecule has 346 valence electrons. The van der Waals surface area contributed by atoms with E-state index >= 15 is 0 Å². The molecule has 0 radical (unpaired) electrons. The fourth-order valence-corrected chi connectivity index (χ4v) is 8.06. The lowest BCUT2D eigenvalue weighted by molar-refractivity contribution is -0.337. The Balaban J connectivity index is 1.39. The number of carboxylic acids is 1. The third-order valence-electron chi connectivity index (χ3n) is 11.6. The van der Waals surface area contributed by atoms with Crippen molar-refractivity contribution in [2.24, 2.45) is 28.5 Å². The lowest BCUT2D eigenvalue weighted by Crippen LogP contribution is -2.69. The van der Waals surface area contributed by atoms with E-state index in [1.165, 1.54) is 14.2 Å². The van der Waals surface area contributed by atoms with E-state index in [1.54, 1.807) is 6.92 Å². The zero-order chi connectivity index (χ0) is 46.6. The number of esters is 1. The van der Waals surface area contributed by atoms with Crippen LogP contribution in [0.25, 0.3) is 0 Å². The smallest absolute Gasteiger partial charge is 0.344 e. The minimum atomic E-state index is -2.68. The SMILES string of the molecule is CN=C(N)NCOc1cc(C(=O)O)c2c3c1OC1OC(C(O)OC(=O)c4cc(OC)c(O)c(OCCc5ccccc5)c4O)C(O)C(O)(CC#CC(C3)C(C(O)C(C)C)C(C)N2)C1O. The number of aliphatic hydroxyl groups is 5. The molecule has 10 unspecified atom stereocenters. The Labute approximate surface area is 368 Å². The highest BCUT2D eigenvalue weighted by atomic mass is 16.7. The fraction of sp³-hybridized carbons (Fsp3) is 0.477. The summed E-state index contributed by atoms with van der Waals surface area (Å²) in [5.74, 6) is -1.37. The highest BCUT2D eigenvalue weighted by molar-refractivity contribution is 5.97. The number of carboxylic acid groups (broad SMARTS) is 1. The Hall–Kier alpha value is -6.21. The number of nitrogens with zero attached hydrogens (tertiary/aromatic N) is 1. The Morgan fingerprint density at radius 1 is 1.06 bits per heavy atom. The molecule has 0 aromatic heterocycles. The number of aromatic hydroxyl groups is 2. The van der Waals surface area contributed by atoms with E-state index in [4.69, 9.17) is 34.2 Å². The summed E-state index contributed by atoms with van der Waals surface area (Å²) in [6, 6.07) is 10.6. The summed E-state index contributed by atoms with van der Waals surface area (Å²) >= 11 is 0. The molecule has 10 atom stereocenters. The van der Waals surface area contributed by atoms with E-state index in [2.05, 4.69) is 27.5 Å². The molecular weight excluding hydrogens is 840 g/mol. The number of methoxy groups -OCH3 is 1. The first kappa shape index (κ1) is 47.3. The second-order valence-electron chi connectivity index (χ2n) is 16.0. The molecule has 4 bridgehead atoms. The molecule has 0 saturated carbocycles. The van der Waals surface area contributed by atoms with Crippen molar-refractivity contribution in [3.8, 4) is 46.3 Å². The van der Waals surface area contributed by atoms with Crippen molar-refractivity contribution in [1.82, 2.24) is 5.32 Å². The summed E-state index contributed by atoms with van der Waals surface area (Å²) in [7, 11) is 2.60. The maximum atomic E-state index is 13.7. The van der Waals surface area contributed by atoms with E-state index in [1.807, 2.05) is 44.2 Å². The number of ether oxygens (including phenoxy) is 6. The first-order chi connectivity index (χ1) is 30.4. The van der Waals surface area contributed by atoms with Crippen LogP contribution in [0, 0.1) is 29.6 Å². The Bertz CT molecular complexity index is 2280. The molecule has 64 heavy (non-hydrogen) atoms. The van der Waals surface area contributed by atoms with Crippen molar-refractivity contribution in [2.45, 2.75) is 88.7 Å². The van der Waals surface area contributed by atoms with Gasteiger partial charge < -0.3 is 85.6 Å². The molecule has 6 rings (SSSR count). The van der Waals surface area contributed by atoms with Gasteiger partial charge in [0.15, 0.2) is 41.8 Å². The molecule has 0 aliphatic carbocycles. The van der Waals surface area contributed by atoms with Gasteiger partial charge in [-0.05, 0) is 24.8 Å². The quantitative estimate of drug-likeness (QED) is 0.0354. The molecule has 3 heterocycles. The lowest BCUT2D eigenvalue weighted by atomic mass is 9.76. The number of aromatic carboxylic acids is 1. The van der Waals surface area contributed by atoms with Gasteiger partial charge in [-0.2, -0.15) is 0 Å². The lowest BCUT2D eigenvalue weighted by Gasteiger charge is -2.48. The molecular formula is C44H54N4O16. The Morgan fingerprint density at radius 2 is 1.77 bits per heavy atom. The van der Waals surface area contributed by atoms with Crippen LogP contribution in [0.2, 0.25) is 0 Å². The number of rotatable bonds is 14. The first-order valence-corrected chi connectivity index (χ1v) is 20.5. The summed E-state index contributed by atoms with van der Waals surface area (Å²) in [5, 5.41) is 96.9. The number of aliphatic imine (C=N–C) groups is 1. The van der Waals surface area contributed by atoms with Gasteiger partial charge in [-0.15, -0.1) is 0 Å². The number of hydrogen-bond donors (Lipinski definition) is 11. The van der Waals surface area contributed by atoms with Gasteiger partial charge in [0.2, 0.25) is 24.1 Å². The number of carbonyl (C=O) groups is 2. The van der Waals surface area contributed by atoms with Gasteiger partial charge in [-0.25, -0.2) is 9.59 Å². The number of phenols is 2. The molecule has 20 nitrogen and oxygen atoms in total. The number of carbonyl (C=O) groups excluding carboxylic acids is 1. The maximum Gasteiger partial charge on any atom is 0.344 e. The second kappa shape index (κ2) is 19.7. The van der Waals surface area contributed by atoms with Crippen LogP contribution in [0.3, 0.4) is 0 Å². The standard InChI is InChI=1S/C44H54N4O16/c1-20(2)31(49)29-21(3)48-30-24-16-23(29)12-9-14-44(58)37(52)36(63-42(38(44)53)62-34(24)28(17-25(30)39(54)55)61-19-47-43(45)46-4)41(57)64-40(56)26-18-27(59-5)33(51)35(32(26)50)60-15-13-22-10-7-6-8-11-22/h6-8,10-11,17-18,20-21,23,29,31,36-38,41-42,48-53,57-58H,13-16,19H2,1-5H3,(H,54,55)(H3,45,46,47). The number of benzene rings is 3. The maximum absolute atomic E-state index is 13.7. The van der Waals surface area contributed by atoms with Gasteiger partial charge in [-0.1, -0.05) is 56.0 Å². The monoisotopic (exact) mass is 894 g/mol.